The van der Waals surface area contributed by atoms with E-state index in [9.17, 15) is 0 Å². The summed E-state index contributed by atoms with van der Waals surface area (Å²) in [6.07, 6.45) is 8.34. The molecule has 2 rings (SSSR count). The lowest BCUT2D eigenvalue weighted by molar-refractivity contribution is 0.120. The minimum absolute atomic E-state index is 0.723. The lowest BCUT2D eigenvalue weighted by Gasteiger charge is -2.40. The van der Waals surface area contributed by atoms with Crippen molar-refractivity contribution in [2.45, 2.75) is 63.6 Å². The van der Waals surface area contributed by atoms with E-state index >= 15 is 0 Å². The van der Waals surface area contributed by atoms with Crippen molar-refractivity contribution in [3.05, 3.63) is 0 Å². The molecule has 18 heavy (non-hydrogen) atoms. The zero-order chi connectivity index (χ0) is 13.0. The second-order valence-electron chi connectivity index (χ2n) is 6.23. The molecule has 0 bridgehead atoms. The summed E-state index contributed by atoms with van der Waals surface area (Å²) in [4.78, 5) is 5.18. The Kier molecular flexibility index (Phi) is 5.46. The van der Waals surface area contributed by atoms with Crippen molar-refractivity contribution >= 4 is 0 Å². The number of nitrogens with zero attached hydrogens (tertiary/aromatic N) is 2. The minimum Gasteiger partial charge on any atom is -0.313 e. The van der Waals surface area contributed by atoms with E-state index in [1.165, 1.54) is 51.6 Å². The van der Waals surface area contributed by atoms with Crippen LogP contribution in [0.4, 0.5) is 0 Å². The van der Waals surface area contributed by atoms with Crippen molar-refractivity contribution in [1.82, 2.24) is 15.1 Å². The van der Waals surface area contributed by atoms with Crippen molar-refractivity contribution in [3.63, 3.8) is 0 Å². The SMILES string of the molecule is CCNC1CCCCC1N(C)CC1CCCN1C. The Balaban J connectivity index is 1.87. The highest BCUT2D eigenvalue weighted by atomic mass is 15.2. The maximum absolute atomic E-state index is 3.70. The van der Waals surface area contributed by atoms with Gasteiger partial charge in [-0.05, 0) is 52.9 Å². The van der Waals surface area contributed by atoms with Gasteiger partial charge >= 0.3 is 0 Å². The van der Waals surface area contributed by atoms with Gasteiger partial charge in [0, 0.05) is 24.7 Å². The van der Waals surface area contributed by atoms with E-state index in [0.29, 0.717) is 0 Å². The average molecular weight is 253 g/mol. The third kappa shape index (κ3) is 3.46. The van der Waals surface area contributed by atoms with E-state index in [4.69, 9.17) is 0 Å². The van der Waals surface area contributed by atoms with Gasteiger partial charge in [-0.1, -0.05) is 19.8 Å². The molecule has 3 nitrogen and oxygen atoms in total. The van der Waals surface area contributed by atoms with E-state index in [2.05, 4.69) is 36.1 Å². The Morgan fingerprint density at radius 3 is 2.61 bits per heavy atom. The van der Waals surface area contributed by atoms with Crippen molar-refractivity contribution in [2.24, 2.45) is 0 Å². The third-order valence-electron chi connectivity index (χ3n) is 4.93. The Morgan fingerprint density at radius 1 is 1.17 bits per heavy atom. The van der Waals surface area contributed by atoms with E-state index in [1.54, 1.807) is 0 Å². The minimum atomic E-state index is 0.723. The maximum Gasteiger partial charge on any atom is 0.0246 e. The topological polar surface area (TPSA) is 18.5 Å². The van der Waals surface area contributed by atoms with Crippen LogP contribution >= 0.6 is 0 Å². The molecule has 0 amide bonds. The van der Waals surface area contributed by atoms with Gasteiger partial charge in [0.1, 0.15) is 0 Å². The highest BCUT2D eigenvalue weighted by molar-refractivity contribution is 4.89. The lowest BCUT2D eigenvalue weighted by Crippen LogP contribution is -2.52. The van der Waals surface area contributed by atoms with Crippen LogP contribution in [-0.4, -0.2) is 61.7 Å². The Labute approximate surface area is 113 Å². The standard InChI is InChI=1S/C15H31N3/c1-4-16-14-9-5-6-10-15(14)18(3)12-13-8-7-11-17(13)2/h13-16H,4-12H2,1-3H3. The second kappa shape index (κ2) is 6.88. The van der Waals surface area contributed by atoms with Crippen LogP contribution in [0.2, 0.25) is 0 Å². The second-order valence-corrected chi connectivity index (χ2v) is 6.23. The number of rotatable bonds is 5. The molecule has 1 saturated carbocycles. The van der Waals surface area contributed by atoms with E-state index < -0.39 is 0 Å². The predicted molar refractivity (Wildman–Crippen MR) is 78.0 cm³/mol. The van der Waals surface area contributed by atoms with Crippen molar-refractivity contribution in [1.29, 1.82) is 0 Å². The van der Waals surface area contributed by atoms with E-state index in [1.807, 2.05) is 0 Å². The average Bonchev–Trinajstić information content (AvgIpc) is 2.76. The molecule has 1 aliphatic heterocycles. The molecule has 3 unspecified atom stereocenters. The lowest BCUT2D eigenvalue weighted by atomic mass is 9.89. The molecule has 3 atom stereocenters. The van der Waals surface area contributed by atoms with Crippen LogP contribution in [0.25, 0.3) is 0 Å². The van der Waals surface area contributed by atoms with Crippen molar-refractivity contribution in [3.8, 4) is 0 Å². The summed E-state index contributed by atoms with van der Waals surface area (Å²) >= 11 is 0. The normalized spacial score (nSPS) is 34.3. The highest BCUT2D eigenvalue weighted by Gasteiger charge is 2.30. The summed E-state index contributed by atoms with van der Waals surface area (Å²) in [7, 11) is 4.63. The first-order valence-electron chi connectivity index (χ1n) is 7.86. The first-order valence-corrected chi connectivity index (χ1v) is 7.86. The Bertz CT molecular complexity index is 242. The van der Waals surface area contributed by atoms with E-state index in [-0.39, 0.29) is 0 Å². The summed E-state index contributed by atoms with van der Waals surface area (Å²) < 4.78 is 0. The van der Waals surface area contributed by atoms with Gasteiger partial charge in [-0.25, -0.2) is 0 Å². The number of hydrogen-bond donors (Lipinski definition) is 1. The third-order valence-corrected chi connectivity index (χ3v) is 4.93. The molecule has 1 N–H and O–H groups in total. The van der Waals surface area contributed by atoms with Crippen LogP contribution in [0, 0.1) is 0 Å². The smallest absolute Gasteiger partial charge is 0.0246 e. The van der Waals surface area contributed by atoms with Crippen molar-refractivity contribution in [2.75, 3.05) is 33.7 Å². The summed E-state index contributed by atoms with van der Waals surface area (Å²) in [6, 6.07) is 2.27. The molecule has 1 heterocycles. The summed E-state index contributed by atoms with van der Waals surface area (Å²) in [5.41, 5.74) is 0. The van der Waals surface area contributed by atoms with Gasteiger partial charge in [-0.3, -0.25) is 0 Å². The van der Waals surface area contributed by atoms with Gasteiger partial charge in [0.25, 0.3) is 0 Å². The largest absolute Gasteiger partial charge is 0.313 e. The molecule has 0 aromatic heterocycles. The first kappa shape index (κ1) is 14.3. The molecule has 1 aliphatic carbocycles. The van der Waals surface area contributed by atoms with Crippen LogP contribution in [0.1, 0.15) is 45.4 Å². The van der Waals surface area contributed by atoms with Crippen LogP contribution in [-0.2, 0) is 0 Å². The fourth-order valence-corrected chi connectivity index (χ4v) is 3.82. The summed E-state index contributed by atoms with van der Waals surface area (Å²) in [5, 5.41) is 3.70. The number of likely N-dealkylation sites (tertiary alicyclic amines) is 1. The number of nitrogens with one attached hydrogen (secondary N) is 1. The maximum atomic E-state index is 3.70. The van der Waals surface area contributed by atoms with Crippen LogP contribution in [0.15, 0.2) is 0 Å². The molecule has 1 saturated heterocycles. The van der Waals surface area contributed by atoms with Gasteiger partial charge in [0.05, 0.1) is 0 Å². The predicted octanol–water partition coefficient (Wildman–Crippen LogP) is 1.93. The Morgan fingerprint density at radius 2 is 1.94 bits per heavy atom. The fraction of sp³-hybridized carbons (Fsp3) is 1.00. The van der Waals surface area contributed by atoms with Crippen LogP contribution in [0.3, 0.4) is 0 Å². The molecule has 2 aliphatic rings. The van der Waals surface area contributed by atoms with Gasteiger partial charge in [-0.15, -0.1) is 0 Å². The van der Waals surface area contributed by atoms with Gasteiger partial charge in [-0.2, -0.15) is 0 Å². The van der Waals surface area contributed by atoms with Gasteiger partial charge < -0.3 is 15.1 Å². The molecule has 0 radical (unpaired) electrons. The van der Waals surface area contributed by atoms with E-state index in [0.717, 1.165) is 24.7 Å². The fourth-order valence-electron chi connectivity index (χ4n) is 3.82. The van der Waals surface area contributed by atoms with Gasteiger partial charge in [0.15, 0.2) is 0 Å². The van der Waals surface area contributed by atoms with Crippen molar-refractivity contribution < 1.29 is 0 Å². The molecular weight excluding hydrogens is 222 g/mol. The molecule has 0 aromatic rings. The summed E-state index contributed by atoms with van der Waals surface area (Å²) in [6.45, 7) is 5.89. The molecular formula is C15H31N3. The van der Waals surface area contributed by atoms with Crippen LogP contribution in [0.5, 0.6) is 0 Å². The molecule has 0 spiro atoms. The molecule has 106 valence electrons. The van der Waals surface area contributed by atoms with Gasteiger partial charge in [0.2, 0.25) is 0 Å². The molecule has 0 aromatic carbocycles. The highest BCUT2D eigenvalue weighted by Crippen LogP contribution is 2.24. The first-order chi connectivity index (χ1) is 8.72. The monoisotopic (exact) mass is 253 g/mol. The Hall–Kier alpha value is -0.120. The number of hydrogen-bond acceptors (Lipinski definition) is 3. The number of likely N-dealkylation sites (N-methyl/N-ethyl adjacent to an activating group) is 3. The zero-order valence-corrected chi connectivity index (χ0v) is 12.5. The molecule has 2 fully saturated rings. The quantitative estimate of drug-likeness (QED) is 0.808. The zero-order valence-electron chi connectivity index (χ0n) is 12.5. The molecule has 3 heteroatoms. The van der Waals surface area contributed by atoms with Crippen LogP contribution < -0.4 is 5.32 Å². The summed E-state index contributed by atoms with van der Waals surface area (Å²) in [5.74, 6) is 0.